The van der Waals surface area contributed by atoms with Crippen LogP contribution in [0, 0.1) is 5.82 Å². The van der Waals surface area contributed by atoms with Gasteiger partial charge >= 0.3 is 11.7 Å². The van der Waals surface area contributed by atoms with Crippen molar-refractivity contribution in [1.82, 2.24) is 18.7 Å². The maximum Gasteiger partial charge on any atom is 0.374 e. The van der Waals surface area contributed by atoms with Crippen LogP contribution in [0.25, 0.3) is 22.5 Å². The van der Waals surface area contributed by atoms with Crippen molar-refractivity contribution >= 4 is 17.1 Å². The molecule has 0 saturated carbocycles. The molecule has 0 aliphatic carbocycles. The minimum Gasteiger partial charge on any atom is -0.460 e. The summed E-state index contributed by atoms with van der Waals surface area (Å²) in [5, 5.41) is 0. The number of esters is 1. The lowest BCUT2D eigenvalue weighted by molar-refractivity contribution is 0.0460. The first kappa shape index (κ1) is 20.3. The first-order valence-electron chi connectivity index (χ1n) is 9.50. The highest BCUT2D eigenvalue weighted by Crippen LogP contribution is 2.22. The van der Waals surface area contributed by atoms with Crippen molar-refractivity contribution in [1.29, 1.82) is 0 Å². The summed E-state index contributed by atoms with van der Waals surface area (Å²) in [6.07, 6.45) is 1.73. The molecule has 9 nitrogen and oxygen atoms in total. The fourth-order valence-electron chi connectivity index (χ4n) is 3.27. The van der Waals surface area contributed by atoms with E-state index in [0.29, 0.717) is 22.5 Å². The summed E-state index contributed by atoms with van der Waals surface area (Å²) >= 11 is 0. The molecule has 0 bridgehead atoms. The van der Waals surface area contributed by atoms with E-state index in [-0.39, 0.29) is 31.1 Å². The average molecular weight is 426 g/mol. The van der Waals surface area contributed by atoms with Crippen molar-refractivity contribution in [3.05, 3.63) is 75.1 Å². The number of carbonyl (C=O) groups excluding carboxylic acids is 1. The number of carbonyl (C=O) groups is 1. The second-order valence-corrected chi connectivity index (χ2v) is 6.99. The molecule has 0 saturated heterocycles. The zero-order chi connectivity index (χ0) is 22.1. The van der Waals surface area contributed by atoms with E-state index in [2.05, 4.69) is 4.98 Å². The molecule has 0 spiro atoms. The van der Waals surface area contributed by atoms with Crippen molar-refractivity contribution in [2.75, 3.05) is 6.61 Å². The molecule has 4 rings (SSSR count). The quantitative estimate of drug-likeness (QED) is 0.346. The minimum absolute atomic E-state index is 0.00344. The Labute approximate surface area is 174 Å². The standard InChI is InChI=1S/C21H19FN4O5/c1-24-12-23-18-17(24)19(27)26(21(29)25(18)2)10-3-11-30-20(28)16-9-8-15(31-16)13-4-6-14(22)7-5-13/h4-9,12H,3,10-11H2,1-2H3. The molecule has 0 N–H and O–H groups in total. The summed E-state index contributed by atoms with van der Waals surface area (Å²) < 4.78 is 27.7. The van der Waals surface area contributed by atoms with Crippen LogP contribution in [0.15, 0.2) is 56.7 Å². The molecule has 10 heteroatoms. The van der Waals surface area contributed by atoms with Gasteiger partial charge in [-0.25, -0.2) is 19.0 Å². The maximum absolute atomic E-state index is 13.0. The molecule has 160 valence electrons. The number of nitrogens with zero attached hydrogens (tertiary/aromatic N) is 4. The number of halogens is 1. The molecular formula is C21H19FN4O5. The van der Waals surface area contributed by atoms with Crippen LogP contribution in [-0.2, 0) is 25.4 Å². The summed E-state index contributed by atoms with van der Waals surface area (Å²) in [4.78, 5) is 41.4. The van der Waals surface area contributed by atoms with Gasteiger partial charge in [-0.2, -0.15) is 0 Å². The predicted octanol–water partition coefficient (Wildman–Crippen LogP) is 2.08. The average Bonchev–Trinajstić information content (AvgIpc) is 3.39. The van der Waals surface area contributed by atoms with Crippen LogP contribution < -0.4 is 11.2 Å². The predicted molar refractivity (Wildman–Crippen MR) is 109 cm³/mol. The molecule has 0 aliphatic heterocycles. The van der Waals surface area contributed by atoms with Gasteiger partial charge in [0.15, 0.2) is 11.2 Å². The number of hydrogen-bond acceptors (Lipinski definition) is 6. The van der Waals surface area contributed by atoms with Gasteiger partial charge in [-0.3, -0.25) is 13.9 Å². The lowest BCUT2D eigenvalue weighted by atomic mass is 10.2. The van der Waals surface area contributed by atoms with Crippen LogP contribution in [0.1, 0.15) is 17.0 Å². The Bertz CT molecular complexity index is 1380. The van der Waals surface area contributed by atoms with Gasteiger partial charge in [0.25, 0.3) is 5.56 Å². The Morgan fingerprint density at radius 3 is 2.61 bits per heavy atom. The van der Waals surface area contributed by atoms with Crippen molar-refractivity contribution < 1.29 is 18.3 Å². The van der Waals surface area contributed by atoms with Crippen LogP contribution in [0.3, 0.4) is 0 Å². The zero-order valence-electron chi connectivity index (χ0n) is 16.9. The van der Waals surface area contributed by atoms with Gasteiger partial charge in [-0.15, -0.1) is 0 Å². The van der Waals surface area contributed by atoms with E-state index in [0.717, 1.165) is 4.57 Å². The lowest BCUT2D eigenvalue weighted by Crippen LogP contribution is -2.39. The van der Waals surface area contributed by atoms with E-state index in [1.165, 1.54) is 29.1 Å². The fourth-order valence-corrected chi connectivity index (χ4v) is 3.27. The Morgan fingerprint density at radius 2 is 1.87 bits per heavy atom. The number of ether oxygens (including phenoxy) is 1. The number of rotatable bonds is 6. The molecule has 1 aromatic carbocycles. The highest BCUT2D eigenvalue weighted by atomic mass is 19.1. The normalized spacial score (nSPS) is 11.2. The first-order chi connectivity index (χ1) is 14.9. The molecule has 3 aromatic heterocycles. The number of aryl methyl sites for hydroxylation is 2. The van der Waals surface area contributed by atoms with E-state index in [9.17, 15) is 18.8 Å². The summed E-state index contributed by atoms with van der Waals surface area (Å²) in [6, 6.07) is 8.74. The summed E-state index contributed by atoms with van der Waals surface area (Å²) in [6.45, 7) is 0.0727. The van der Waals surface area contributed by atoms with E-state index in [1.807, 2.05) is 0 Å². The molecule has 0 fully saturated rings. The monoisotopic (exact) mass is 426 g/mol. The van der Waals surface area contributed by atoms with Crippen molar-refractivity contribution in [3.8, 4) is 11.3 Å². The Balaban J connectivity index is 1.40. The van der Waals surface area contributed by atoms with Gasteiger partial charge < -0.3 is 13.7 Å². The Morgan fingerprint density at radius 1 is 1.13 bits per heavy atom. The van der Waals surface area contributed by atoms with Crippen LogP contribution in [0.2, 0.25) is 0 Å². The Hall–Kier alpha value is -3.95. The van der Waals surface area contributed by atoms with Crippen LogP contribution >= 0.6 is 0 Å². The van der Waals surface area contributed by atoms with Crippen LogP contribution in [0.4, 0.5) is 4.39 Å². The van der Waals surface area contributed by atoms with E-state index >= 15 is 0 Å². The number of hydrogen-bond donors (Lipinski definition) is 0. The molecule has 0 aliphatic rings. The smallest absolute Gasteiger partial charge is 0.374 e. The van der Waals surface area contributed by atoms with Gasteiger partial charge in [-0.1, -0.05) is 0 Å². The molecule has 0 atom stereocenters. The number of imidazole rings is 1. The van der Waals surface area contributed by atoms with E-state index in [4.69, 9.17) is 9.15 Å². The van der Waals surface area contributed by atoms with Gasteiger partial charge in [0.05, 0.1) is 12.9 Å². The molecule has 0 radical (unpaired) electrons. The van der Waals surface area contributed by atoms with Crippen molar-refractivity contribution in [2.45, 2.75) is 13.0 Å². The SMILES string of the molecule is Cn1cnc2c1c(=O)n(CCCOC(=O)c1ccc(-c3ccc(F)cc3)o1)c(=O)n2C. The summed E-state index contributed by atoms with van der Waals surface area (Å²) in [7, 11) is 3.22. The zero-order valence-corrected chi connectivity index (χ0v) is 16.9. The second-order valence-electron chi connectivity index (χ2n) is 6.99. The topological polar surface area (TPSA) is 101 Å². The molecule has 0 amide bonds. The van der Waals surface area contributed by atoms with E-state index in [1.54, 1.807) is 36.9 Å². The highest BCUT2D eigenvalue weighted by Gasteiger charge is 2.16. The largest absolute Gasteiger partial charge is 0.460 e. The first-order valence-corrected chi connectivity index (χ1v) is 9.50. The van der Waals surface area contributed by atoms with Crippen LogP contribution in [0.5, 0.6) is 0 Å². The molecule has 0 unspecified atom stereocenters. The number of fused-ring (bicyclic) bond motifs is 1. The third-order valence-electron chi connectivity index (χ3n) is 4.90. The minimum atomic E-state index is -0.671. The highest BCUT2D eigenvalue weighted by molar-refractivity contribution is 5.87. The van der Waals surface area contributed by atoms with Gasteiger partial charge in [0.2, 0.25) is 5.76 Å². The third kappa shape index (κ3) is 3.79. The van der Waals surface area contributed by atoms with Gasteiger partial charge in [-0.05, 0) is 42.8 Å². The van der Waals surface area contributed by atoms with E-state index < -0.39 is 17.2 Å². The lowest BCUT2D eigenvalue weighted by Gasteiger charge is -2.08. The van der Waals surface area contributed by atoms with Gasteiger partial charge in [0.1, 0.15) is 11.6 Å². The fraction of sp³-hybridized carbons (Fsp3) is 0.238. The number of aromatic nitrogens is 4. The molecular weight excluding hydrogens is 407 g/mol. The number of benzene rings is 1. The van der Waals surface area contributed by atoms with Crippen LogP contribution in [-0.4, -0.2) is 31.3 Å². The maximum atomic E-state index is 13.0. The number of furan rings is 1. The molecule has 31 heavy (non-hydrogen) atoms. The Kier molecular flexibility index (Phi) is 5.28. The van der Waals surface area contributed by atoms with Gasteiger partial charge in [0, 0.05) is 26.2 Å². The molecule has 4 aromatic rings. The summed E-state index contributed by atoms with van der Waals surface area (Å²) in [5.41, 5.74) is 0.330. The third-order valence-corrected chi connectivity index (χ3v) is 4.90. The molecule has 3 heterocycles. The second kappa shape index (κ2) is 8.05. The van der Waals surface area contributed by atoms with Crippen molar-refractivity contribution in [2.24, 2.45) is 14.1 Å². The summed E-state index contributed by atoms with van der Waals surface area (Å²) in [5.74, 6) is -0.627. The van der Waals surface area contributed by atoms with Crippen molar-refractivity contribution in [3.63, 3.8) is 0 Å².